The van der Waals surface area contributed by atoms with Crippen LogP contribution in [0.5, 0.6) is 0 Å². The Morgan fingerprint density at radius 1 is 1.50 bits per heavy atom. The molecule has 4 heteroatoms. The number of carbonyl (C=O) groups is 1. The average Bonchev–Trinajstić information content (AvgIpc) is 1.69. The van der Waals surface area contributed by atoms with Crippen molar-refractivity contribution in [2.24, 2.45) is 0 Å². The monoisotopic (exact) mass is 143 g/mol. The Balaban J connectivity index is 3.88. The molecule has 0 bridgehead atoms. The van der Waals surface area contributed by atoms with Crippen LogP contribution in [-0.4, -0.2) is 41.1 Å². The van der Waals surface area contributed by atoms with Crippen LogP contribution < -0.4 is 0 Å². The first-order chi connectivity index (χ1) is 3.72. The zero-order valence-corrected chi connectivity index (χ0v) is 7.23. The number of hydrogen-bond acceptors (Lipinski definition) is 1. The van der Waals surface area contributed by atoms with Crippen LogP contribution in [0.15, 0.2) is 0 Å². The lowest BCUT2D eigenvalue weighted by atomic mass is 10.8. The number of nitrogens with zero attached hydrogens (tertiary/aromatic N) is 1. The minimum atomic E-state index is -0.0868. The van der Waals surface area contributed by atoms with Crippen LogP contribution in [0, 0.1) is 0 Å². The molecule has 0 saturated heterocycles. The zero-order chi connectivity index (χ0) is 6.57. The maximum absolute atomic E-state index is 10.5. The fourth-order valence-corrected chi connectivity index (χ4v) is 1.44. The topological polar surface area (TPSA) is 20.3 Å². The second-order valence-corrected chi connectivity index (χ2v) is 3.73. The fraction of sp³-hybridized carbons (Fsp3) is 0.250. The Hall–Kier alpha value is -0.356. The maximum atomic E-state index is 10.5. The van der Waals surface area contributed by atoms with Gasteiger partial charge in [-0.05, 0) is 0 Å². The summed E-state index contributed by atoms with van der Waals surface area (Å²) in [4.78, 5) is 10.5. The van der Waals surface area contributed by atoms with Crippen molar-refractivity contribution in [2.45, 2.75) is 6.92 Å². The normalized spacial score (nSPS) is 7.62. The molecule has 0 fully saturated rings. The van der Waals surface area contributed by atoms with Gasteiger partial charge in [0.15, 0.2) is 0 Å². The summed E-state index contributed by atoms with van der Waals surface area (Å²) in [6, 6.07) is 0. The molecule has 0 unspecified atom stereocenters. The Bertz CT molecular complexity index is 115. The van der Waals surface area contributed by atoms with Gasteiger partial charge in [0.2, 0.25) is 5.91 Å². The van der Waals surface area contributed by atoms with Crippen molar-refractivity contribution in [3.63, 3.8) is 0 Å². The third-order valence-corrected chi connectivity index (χ3v) is 3.54. The minimum Gasteiger partial charge on any atom is -0.362 e. The van der Waals surface area contributed by atoms with Gasteiger partial charge in [-0.15, -0.1) is 12.3 Å². The fourth-order valence-electron chi connectivity index (χ4n) is 0.332. The molecule has 0 aliphatic carbocycles. The predicted molar refractivity (Wildman–Crippen MR) is 41.1 cm³/mol. The van der Waals surface area contributed by atoms with Crippen molar-refractivity contribution in [3.8, 4) is 0 Å². The molecule has 2 nitrogen and oxygen atoms in total. The Morgan fingerprint density at radius 2 is 1.88 bits per heavy atom. The van der Waals surface area contributed by atoms with Gasteiger partial charge in [-0.2, -0.15) is 0 Å². The highest BCUT2D eigenvalue weighted by Gasteiger charge is 1.93. The van der Waals surface area contributed by atoms with Crippen LogP contribution in [0.4, 0.5) is 0 Å². The lowest BCUT2D eigenvalue weighted by Gasteiger charge is -2.07. The van der Waals surface area contributed by atoms with Gasteiger partial charge in [0.05, 0.1) is 0 Å². The summed E-state index contributed by atoms with van der Waals surface area (Å²) in [5.41, 5.74) is 0. The lowest BCUT2D eigenvalue weighted by Crippen LogP contribution is -2.27. The number of carbonyl (C=O) groups excluding carboxylic acids is 1. The largest absolute Gasteiger partial charge is 0.362 e. The molecule has 0 rings (SSSR count). The van der Waals surface area contributed by atoms with Crippen LogP contribution in [0.3, 0.4) is 0 Å². The Morgan fingerprint density at radius 3 is 1.88 bits per heavy atom. The SMILES string of the molecule is C=[SiH]N([SiH]=C)C(C)=O. The van der Waals surface area contributed by atoms with Crippen LogP contribution in [0.1, 0.15) is 6.92 Å². The summed E-state index contributed by atoms with van der Waals surface area (Å²) in [6.45, 7) is 1.55. The van der Waals surface area contributed by atoms with Gasteiger partial charge >= 0.3 is 0 Å². The summed E-state index contributed by atoms with van der Waals surface area (Å²) >= 11 is 0. The van der Waals surface area contributed by atoms with Crippen molar-refractivity contribution in [1.82, 2.24) is 4.23 Å². The standard InChI is InChI=1S/C4H9NOSi2/c1-4(6)5(7-2)8-3/h7-8H,2-3H2,1H3. The smallest absolute Gasteiger partial charge is 0.211 e. The van der Waals surface area contributed by atoms with Crippen molar-refractivity contribution >= 4 is 36.8 Å². The number of rotatable bonds is 2. The van der Waals surface area contributed by atoms with E-state index in [0.717, 1.165) is 0 Å². The molecule has 0 aliphatic rings. The van der Waals surface area contributed by atoms with E-state index in [1.165, 1.54) is 0 Å². The molecule has 0 radical (unpaired) electrons. The molecule has 1 amide bonds. The lowest BCUT2D eigenvalue weighted by molar-refractivity contribution is -0.121. The van der Waals surface area contributed by atoms with E-state index in [1.807, 2.05) is 0 Å². The minimum absolute atomic E-state index is 0.0868. The molecular formula is C4H9NOSi2. The van der Waals surface area contributed by atoms with E-state index in [1.54, 1.807) is 11.2 Å². The van der Waals surface area contributed by atoms with E-state index < -0.39 is 0 Å². The molecule has 8 heavy (non-hydrogen) atoms. The molecule has 0 heterocycles. The summed E-state index contributed by atoms with van der Waals surface area (Å²) < 4.78 is 1.72. The van der Waals surface area contributed by atoms with Crippen molar-refractivity contribution < 1.29 is 4.79 Å². The first kappa shape index (κ1) is 7.64. The van der Waals surface area contributed by atoms with Crippen LogP contribution in [0.2, 0.25) is 0 Å². The van der Waals surface area contributed by atoms with Gasteiger partial charge in [-0.1, -0.05) is 0 Å². The third kappa shape index (κ3) is 2.08. The van der Waals surface area contributed by atoms with E-state index in [9.17, 15) is 4.79 Å². The van der Waals surface area contributed by atoms with Gasteiger partial charge in [-0.25, -0.2) is 0 Å². The first-order valence-electron chi connectivity index (χ1n) is 2.26. The molecule has 0 aromatic rings. The van der Waals surface area contributed by atoms with Gasteiger partial charge in [-0.3, -0.25) is 4.79 Å². The second kappa shape index (κ2) is 3.62. The highest BCUT2D eigenvalue weighted by atomic mass is 28.3. The van der Waals surface area contributed by atoms with Crippen molar-refractivity contribution in [3.05, 3.63) is 0 Å². The molecule has 0 N–H and O–H groups in total. The highest BCUT2D eigenvalue weighted by Crippen LogP contribution is 1.71. The van der Waals surface area contributed by atoms with Gasteiger partial charge in [0.25, 0.3) is 0 Å². The summed E-state index contributed by atoms with van der Waals surface area (Å²) in [5.74, 6) is 0.111. The van der Waals surface area contributed by atoms with E-state index >= 15 is 0 Å². The average molecular weight is 143 g/mol. The maximum Gasteiger partial charge on any atom is 0.211 e. The van der Waals surface area contributed by atoms with Gasteiger partial charge in [0.1, 0.15) is 18.6 Å². The summed E-state index contributed by atoms with van der Waals surface area (Å²) in [5, 5.41) is 0. The molecule has 0 aliphatic heterocycles. The van der Waals surface area contributed by atoms with E-state index in [2.05, 4.69) is 12.3 Å². The molecule has 0 aromatic heterocycles. The predicted octanol–water partition coefficient (Wildman–Crippen LogP) is -1.60. The Labute approximate surface area is 53.5 Å². The van der Waals surface area contributed by atoms with E-state index in [4.69, 9.17) is 0 Å². The molecule has 0 aromatic carbocycles. The van der Waals surface area contributed by atoms with E-state index in [0.29, 0.717) is 0 Å². The van der Waals surface area contributed by atoms with Gasteiger partial charge < -0.3 is 4.23 Å². The quantitative estimate of drug-likeness (QED) is 0.427. The molecule has 44 valence electrons. The number of amides is 1. The van der Waals surface area contributed by atoms with Crippen LogP contribution >= 0.6 is 0 Å². The van der Waals surface area contributed by atoms with Crippen LogP contribution in [0.25, 0.3) is 0 Å². The van der Waals surface area contributed by atoms with E-state index in [-0.39, 0.29) is 24.5 Å². The summed E-state index contributed by atoms with van der Waals surface area (Å²) in [6.07, 6.45) is 7.29. The molecular weight excluding hydrogens is 134 g/mol. The summed E-state index contributed by atoms with van der Waals surface area (Å²) in [7, 11) is -0.174. The Kier molecular flexibility index (Phi) is 3.46. The van der Waals surface area contributed by atoms with Crippen molar-refractivity contribution in [1.29, 1.82) is 0 Å². The molecule has 0 saturated carbocycles. The second-order valence-electron chi connectivity index (χ2n) is 1.29. The highest BCUT2D eigenvalue weighted by molar-refractivity contribution is 6.58. The molecule has 0 atom stereocenters. The van der Waals surface area contributed by atoms with Gasteiger partial charge in [0, 0.05) is 6.92 Å². The third-order valence-electron chi connectivity index (χ3n) is 0.757. The number of hydrogen-bond donors (Lipinski definition) is 0. The molecule has 0 spiro atoms. The van der Waals surface area contributed by atoms with Crippen molar-refractivity contribution in [2.75, 3.05) is 0 Å². The first-order valence-corrected chi connectivity index (χ1v) is 4.93. The zero-order valence-electron chi connectivity index (χ0n) is 4.92. The van der Waals surface area contributed by atoms with Crippen LogP contribution in [-0.2, 0) is 4.79 Å².